The predicted molar refractivity (Wildman–Crippen MR) is 38.9 cm³/mol. The maximum Gasteiger partial charge on any atom is 0.410 e. The number of hydrogen-bond acceptors (Lipinski definition) is 1. The van der Waals surface area contributed by atoms with Crippen LogP contribution in [0, 0.1) is 0 Å². The van der Waals surface area contributed by atoms with Gasteiger partial charge in [0.1, 0.15) is 6.04 Å². The van der Waals surface area contributed by atoms with Gasteiger partial charge in [-0.1, -0.05) is 13.3 Å². The zero-order valence-corrected chi connectivity index (χ0v) is 6.65. The molecule has 0 fully saturated rings. The number of hydrogen-bond donors (Lipinski definition) is 0. The third kappa shape index (κ3) is 4.81. The summed E-state index contributed by atoms with van der Waals surface area (Å²) in [6.45, 7) is 2.94. The van der Waals surface area contributed by atoms with Gasteiger partial charge in [0.25, 0.3) is 0 Å². The van der Waals surface area contributed by atoms with Crippen LogP contribution in [0.3, 0.4) is 0 Å². The number of halogens is 3. The van der Waals surface area contributed by atoms with E-state index in [-0.39, 0.29) is 0 Å². The molecule has 1 unspecified atom stereocenters. The van der Waals surface area contributed by atoms with Crippen LogP contribution in [0.15, 0.2) is 4.99 Å². The van der Waals surface area contributed by atoms with Gasteiger partial charge in [0, 0.05) is 0 Å². The molecule has 0 bridgehead atoms. The second kappa shape index (κ2) is 4.36. The molecule has 0 rings (SSSR count). The molecule has 0 aliphatic heterocycles. The standard InChI is InChI=1S/C7H12F3N/c1-3-4-5-11-6(2)7(8,9)10/h5-6H,3-4H2,1-2H3. The minimum Gasteiger partial charge on any atom is -0.285 e. The average molecular weight is 167 g/mol. The van der Waals surface area contributed by atoms with E-state index in [9.17, 15) is 13.2 Å². The van der Waals surface area contributed by atoms with Crippen molar-refractivity contribution in [3.63, 3.8) is 0 Å². The summed E-state index contributed by atoms with van der Waals surface area (Å²) in [6, 6.07) is -1.56. The second-order valence-corrected chi connectivity index (χ2v) is 2.34. The van der Waals surface area contributed by atoms with E-state index in [1.807, 2.05) is 6.92 Å². The van der Waals surface area contributed by atoms with Gasteiger partial charge < -0.3 is 0 Å². The van der Waals surface area contributed by atoms with Crippen molar-refractivity contribution in [3.05, 3.63) is 0 Å². The molecule has 4 heteroatoms. The molecule has 66 valence electrons. The van der Waals surface area contributed by atoms with Crippen LogP contribution in [0.4, 0.5) is 13.2 Å². The van der Waals surface area contributed by atoms with Crippen molar-refractivity contribution in [2.45, 2.75) is 38.9 Å². The van der Waals surface area contributed by atoms with Crippen molar-refractivity contribution >= 4 is 6.21 Å². The molecule has 1 atom stereocenters. The summed E-state index contributed by atoms with van der Waals surface area (Å²) in [5.74, 6) is 0. The minimum absolute atomic E-state index is 0.612. The fourth-order valence-electron chi connectivity index (χ4n) is 0.446. The highest BCUT2D eigenvalue weighted by molar-refractivity contribution is 5.57. The SMILES string of the molecule is CCCC=NC(C)C(F)(F)F. The van der Waals surface area contributed by atoms with E-state index in [1.165, 1.54) is 6.21 Å². The molecule has 0 aliphatic carbocycles. The maximum absolute atomic E-state index is 11.8. The van der Waals surface area contributed by atoms with Gasteiger partial charge in [-0.3, -0.25) is 4.99 Å². The molecule has 0 aliphatic rings. The van der Waals surface area contributed by atoms with Gasteiger partial charge >= 0.3 is 6.18 Å². The van der Waals surface area contributed by atoms with Crippen molar-refractivity contribution in [1.82, 2.24) is 0 Å². The number of aliphatic imine (C=N–C) groups is 1. The van der Waals surface area contributed by atoms with Gasteiger partial charge in [-0.15, -0.1) is 0 Å². The van der Waals surface area contributed by atoms with Gasteiger partial charge in [0.05, 0.1) is 0 Å². The fourth-order valence-corrected chi connectivity index (χ4v) is 0.446. The van der Waals surface area contributed by atoms with E-state index >= 15 is 0 Å². The first-order valence-electron chi connectivity index (χ1n) is 3.56. The lowest BCUT2D eigenvalue weighted by Crippen LogP contribution is -2.23. The zero-order valence-electron chi connectivity index (χ0n) is 6.65. The van der Waals surface area contributed by atoms with E-state index in [0.29, 0.717) is 6.42 Å². The molecule has 0 radical (unpaired) electrons. The van der Waals surface area contributed by atoms with E-state index in [2.05, 4.69) is 4.99 Å². The summed E-state index contributed by atoms with van der Waals surface area (Å²) in [6.07, 6.45) is -1.42. The Morgan fingerprint density at radius 1 is 1.45 bits per heavy atom. The summed E-state index contributed by atoms with van der Waals surface area (Å²) < 4.78 is 35.3. The lowest BCUT2D eigenvalue weighted by Gasteiger charge is -2.09. The Morgan fingerprint density at radius 3 is 2.36 bits per heavy atom. The lowest BCUT2D eigenvalue weighted by molar-refractivity contribution is -0.142. The largest absolute Gasteiger partial charge is 0.410 e. The zero-order chi connectivity index (χ0) is 8.91. The number of rotatable bonds is 3. The molecular weight excluding hydrogens is 155 g/mol. The van der Waals surface area contributed by atoms with Crippen LogP contribution in [-0.2, 0) is 0 Å². The first kappa shape index (κ1) is 10.5. The lowest BCUT2D eigenvalue weighted by atomic mass is 10.3. The molecule has 0 heterocycles. The predicted octanol–water partition coefficient (Wildman–Crippen LogP) is 2.81. The molecule has 0 aromatic carbocycles. The Bertz CT molecular complexity index is 128. The molecule has 0 N–H and O–H groups in total. The Hall–Kier alpha value is -0.540. The van der Waals surface area contributed by atoms with Gasteiger partial charge in [0.2, 0.25) is 0 Å². The Balaban J connectivity index is 3.77. The molecule has 0 aromatic heterocycles. The Labute approximate surface area is 64.3 Å². The van der Waals surface area contributed by atoms with Crippen molar-refractivity contribution < 1.29 is 13.2 Å². The van der Waals surface area contributed by atoms with Crippen LogP contribution in [-0.4, -0.2) is 18.4 Å². The number of unbranched alkanes of at least 4 members (excludes halogenated alkanes) is 1. The van der Waals surface area contributed by atoms with E-state index in [1.54, 1.807) is 0 Å². The topological polar surface area (TPSA) is 12.4 Å². The summed E-state index contributed by atoms with van der Waals surface area (Å²) in [5.41, 5.74) is 0. The average Bonchev–Trinajstić information content (AvgIpc) is 1.86. The van der Waals surface area contributed by atoms with Crippen molar-refractivity contribution in [2.75, 3.05) is 0 Å². The van der Waals surface area contributed by atoms with Gasteiger partial charge in [-0.25, -0.2) is 0 Å². The molecule has 1 nitrogen and oxygen atoms in total. The first-order valence-corrected chi connectivity index (χ1v) is 3.56. The van der Waals surface area contributed by atoms with Crippen LogP contribution in [0.25, 0.3) is 0 Å². The van der Waals surface area contributed by atoms with Gasteiger partial charge in [0.15, 0.2) is 0 Å². The summed E-state index contributed by atoms with van der Waals surface area (Å²) in [7, 11) is 0. The fraction of sp³-hybridized carbons (Fsp3) is 0.857. The van der Waals surface area contributed by atoms with Crippen LogP contribution < -0.4 is 0 Å². The molecule has 0 amide bonds. The molecule has 0 spiro atoms. The van der Waals surface area contributed by atoms with Gasteiger partial charge in [-0.2, -0.15) is 13.2 Å². The highest BCUT2D eigenvalue weighted by atomic mass is 19.4. The van der Waals surface area contributed by atoms with Crippen molar-refractivity contribution in [1.29, 1.82) is 0 Å². The molecular formula is C7H12F3N. The molecule has 0 saturated heterocycles. The summed E-state index contributed by atoms with van der Waals surface area (Å²) >= 11 is 0. The first-order chi connectivity index (χ1) is 4.98. The van der Waals surface area contributed by atoms with Crippen molar-refractivity contribution in [3.8, 4) is 0 Å². The normalized spacial score (nSPS) is 15.7. The van der Waals surface area contributed by atoms with Crippen LogP contribution >= 0.6 is 0 Å². The Kier molecular flexibility index (Phi) is 4.15. The van der Waals surface area contributed by atoms with Crippen molar-refractivity contribution in [2.24, 2.45) is 4.99 Å². The van der Waals surface area contributed by atoms with Crippen LogP contribution in [0.2, 0.25) is 0 Å². The number of alkyl halides is 3. The minimum atomic E-state index is -4.19. The second-order valence-electron chi connectivity index (χ2n) is 2.34. The quantitative estimate of drug-likeness (QED) is 0.573. The summed E-state index contributed by atoms with van der Waals surface area (Å²) in [5, 5.41) is 0. The third-order valence-corrected chi connectivity index (χ3v) is 1.22. The van der Waals surface area contributed by atoms with Crippen LogP contribution in [0.5, 0.6) is 0 Å². The molecule has 0 aromatic rings. The van der Waals surface area contributed by atoms with E-state index < -0.39 is 12.2 Å². The highest BCUT2D eigenvalue weighted by Gasteiger charge is 2.35. The summed E-state index contributed by atoms with van der Waals surface area (Å²) in [4.78, 5) is 3.34. The van der Waals surface area contributed by atoms with Gasteiger partial charge in [-0.05, 0) is 19.6 Å². The Morgan fingerprint density at radius 2 is 2.00 bits per heavy atom. The van der Waals surface area contributed by atoms with Crippen LogP contribution in [0.1, 0.15) is 26.7 Å². The smallest absolute Gasteiger partial charge is 0.285 e. The molecule has 11 heavy (non-hydrogen) atoms. The monoisotopic (exact) mass is 167 g/mol. The number of nitrogens with zero attached hydrogens (tertiary/aromatic N) is 1. The van der Waals surface area contributed by atoms with E-state index in [4.69, 9.17) is 0 Å². The third-order valence-electron chi connectivity index (χ3n) is 1.22. The van der Waals surface area contributed by atoms with E-state index in [0.717, 1.165) is 13.3 Å². The highest BCUT2D eigenvalue weighted by Crippen LogP contribution is 2.21. The maximum atomic E-state index is 11.8. The molecule has 0 saturated carbocycles.